The average Bonchev–Trinajstić information content (AvgIpc) is 3.62. The first-order chi connectivity index (χ1) is 23.6. The van der Waals surface area contributed by atoms with Crippen molar-refractivity contribution in [1.29, 1.82) is 0 Å². The van der Waals surface area contributed by atoms with Crippen LogP contribution < -0.4 is 19.1 Å². The highest BCUT2D eigenvalue weighted by Gasteiger charge is 2.36. The summed E-state index contributed by atoms with van der Waals surface area (Å²) in [6, 6.07) is 27.7. The van der Waals surface area contributed by atoms with Crippen LogP contribution in [-0.2, 0) is 32.6 Å². The Labute approximate surface area is 289 Å². The van der Waals surface area contributed by atoms with Crippen LogP contribution in [0.1, 0.15) is 47.9 Å². The van der Waals surface area contributed by atoms with Crippen LogP contribution in [0.3, 0.4) is 0 Å². The van der Waals surface area contributed by atoms with E-state index in [1.54, 1.807) is 24.3 Å². The van der Waals surface area contributed by atoms with Gasteiger partial charge in [0.15, 0.2) is 11.5 Å². The van der Waals surface area contributed by atoms with Gasteiger partial charge in [0.2, 0.25) is 11.8 Å². The van der Waals surface area contributed by atoms with E-state index in [4.69, 9.17) is 9.47 Å². The number of hydrogen-bond acceptors (Lipinski definition) is 6. The summed E-state index contributed by atoms with van der Waals surface area (Å²) < 4.78 is 40.8. The van der Waals surface area contributed by atoms with Gasteiger partial charge in [0.25, 0.3) is 10.0 Å². The smallest absolute Gasteiger partial charge is 0.264 e. The van der Waals surface area contributed by atoms with Crippen molar-refractivity contribution in [1.82, 2.24) is 10.2 Å². The largest absolute Gasteiger partial charge is 0.493 e. The van der Waals surface area contributed by atoms with E-state index in [0.29, 0.717) is 11.5 Å². The molecule has 49 heavy (non-hydrogen) atoms. The number of carbonyl (C=O) groups is 2. The summed E-state index contributed by atoms with van der Waals surface area (Å²) in [6.45, 7) is 3.41. The van der Waals surface area contributed by atoms with E-state index in [2.05, 4.69) is 5.32 Å². The molecule has 258 valence electrons. The van der Waals surface area contributed by atoms with Crippen molar-refractivity contribution < 1.29 is 27.5 Å². The molecule has 2 amide bonds. The quantitative estimate of drug-likeness (QED) is 0.169. The lowest BCUT2D eigenvalue weighted by atomic mass is 10.0. The zero-order valence-electron chi connectivity index (χ0n) is 28.6. The van der Waals surface area contributed by atoms with Crippen LogP contribution in [0.5, 0.6) is 11.5 Å². The summed E-state index contributed by atoms with van der Waals surface area (Å²) in [7, 11) is -1.30. The molecule has 5 rings (SSSR count). The molecular weight excluding hydrogens is 639 g/mol. The van der Waals surface area contributed by atoms with Crippen LogP contribution in [0.25, 0.3) is 0 Å². The van der Waals surface area contributed by atoms with Crippen molar-refractivity contribution in [3.05, 3.63) is 119 Å². The van der Waals surface area contributed by atoms with Crippen LogP contribution >= 0.6 is 0 Å². The molecule has 1 N–H and O–H groups in total. The second-order valence-corrected chi connectivity index (χ2v) is 14.4. The number of hydrogen-bond donors (Lipinski definition) is 1. The number of nitrogens with one attached hydrogen (secondary N) is 1. The Morgan fingerprint density at radius 2 is 1.41 bits per heavy atom. The molecule has 0 aromatic heterocycles. The van der Waals surface area contributed by atoms with Gasteiger partial charge in [-0.25, -0.2) is 8.42 Å². The van der Waals surface area contributed by atoms with E-state index in [-0.39, 0.29) is 35.5 Å². The third kappa shape index (κ3) is 8.80. The Morgan fingerprint density at radius 1 is 0.796 bits per heavy atom. The maximum atomic E-state index is 14.8. The number of amides is 2. The fourth-order valence-corrected chi connectivity index (χ4v) is 7.56. The molecule has 10 heteroatoms. The number of ether oxygens (including phenoxy) is 2. The number of methoxy groups -OCH3 is 2. The topological polar surface area (TPSA) is 105 Å². The maximum Gasteiger partial charge on any atom is 0.264 e. The lowest BCUT2D eigenvalue weighted by molar-refractivity contribution is -0.140. The Bertz CT molecular complexity index is 1820. The van der Waals surface area contributed by atoms with Crippen LogP contribution in [0.4, 0.5) is 5.69 Å². The first-order valence-corrected chi connectivity index (χ1v) is 18.0. The summed E-state index contributed by atoms with van der Waals surface area (Å²) >= 11 is 0. The third-order valence-electron chi connectivity index (χ3n) is 8.99. The molecule has 4 aromatic rings. The van der Waals surface area contributed by atoms with E-state index < -0.39 is 28.5 Å². The van der Waals surface area contributed by atoms with Crippen LogP contribution in [0.2, 0.25) is 0 Å². The molecule has 1 unspecified atom stereocenters. The number of benzene rings is 4. The highest BCUT2D eigenvalue weighted by molar-refractivity contribution is 7.92. The number of nitrogens with zero attached hydrogens (tertiary/aromatic N) is 2. The molecular formula is C39H45N3O6S. The first-order valence-electron chi connectivity index (χ1n) is 16.6. The second-order valence-electron chi connectivity index (χ2n) is 12.6. The highest BCUT2D eigenvalue weighted by atomic mass is 32.2. The Kier molecular flexibility index (Phi) is 11.6. The number of anilines is 1. The standard InChI is InChI=1S/C39H45N3O6S/c1-28-14-18-31(19-15-28)26-41(35(24-30-10-6-5-7-11-30)39(44)40-32-12-8-9-13-32)38(43)27-42(33-20-23-36(47-3)37(25-33)48-4)49(45,46)34-21-16-29(2)17-22-34/h5-7,10-11,14-23,25,32,35H,8-9,12-13,24,26-27H2,1-4H3,(H,40,44). The number of rotatable bonds is 14. The average molecular weight is 684 g/mol. The molecule has 0 heterocycles. The Morgan fingerprint density at radius 3 is 2.02 bits per heavy atom. The van der Waals surface area contributed by atoms with Crippen molar-refractivity contribution in [3.63, 3.8) is 0 Å². The fourth-order valence-electron chi connectivity index (χ4n) is 6.16. The summed E-state index contributed by atoms with van der Waals surface area (Å²) in [5.41, 5.74) is 3.89. The van der Waals surface area contributed by atoms with Crippen molar-refractivity contribution >= 4 is 27.5 Å². The van der Waals surface area contributed by atoms with E-state index in [0.717, 1.165) is 52.2 Å². The van der Waals surface area contributed by atoms with Gasteiger partial charge in [-0.15, -0.1) is 0 Å². The number of carbonyl (C=O) groups excluding carboxylic acids is 2. The van der Waals surface area contributed by atoms with E-state index >= 15 is 0 Å². The van der Waals surface area contributed by atoms with Crippen LogP contribution in [0, 0.1) is 13.8 Å². The van der Waals surface area contributed by atoms with Crippen LogP contribution in [-0.4, -0.2) is 58.0 Å². The van der Waals surface area contributed by atoms with Crippen molar-refractivity contribution in [2.24, 2.45) is 0 Å². The van der Waals surface area contributed by atoms with Gasteiger partial charge in [-0.1, -0.05) is 90.7 Å². The Balaban J connectivity index is 1.59. The third-order valence-corrected chi connectivity index (χ3v) is 10.8. The summed E-state index contributed by atoms with van der Waals surface area (Å²) in [5, 5.41) is 3.21. The monoisotopic (exact) mass is 683 g/mol. The minimum absolute atomic E-state index is 0.0329. The van der Waals surface area contributed by atoms with Gasteiger partial charge in [0.1, 0.15) is 12.6 Å². The molecule has 0 bridgehead atoms. The molecule has 0 spiro atoms. The van der Waals surface area contributed by atoms with Gasteiger partial charge >= 0.3 is 0 Å². The summed E-state index contributed by atoms with van der Waals surface area (Å²) in [6.07, 6.45) is 4.11. The lowest BCUT2D eigenvalue weighted by Crippen LogP contribution is -2.54. The minimum Gasteiger partial charge on any atom is -0.493 e. The molecule has 4 aromatic carbocycles. The van der Waals surface area contributed by atoms with Gasteiger partial charge < -0.3 is 19.7 Å². The van der Waals surface area contributed by atoms with E-state index in [1.165, 1.54) is 37.3 Å². The molecule has 1 atom stereocenters. The zero-order valence-corrected chi connectivity index (χ0v) is 29.4. The molecule has 0 saturated heterocycles. The predicted octanol–water partition coefficient (Wildman–Crippen LogP) is 6.21. The van der Waals surface area contributed by atoms with Gasteiger partial charge in [-0.2, -0.15) is 0 Å². The van der Waals surface area contributed by atoms with Crippen molar-refractivity contribution in [2.45, 2.75) is 69.5 Å². The highest BCUT2D eigenvalue weighted by Crippen LogP contribution is 2.34. The predicted molar refractivity (Wildman–Crippen MR) is 191 cm³/mol. The van der Waals surface area contributed by atoms with Crippen molar-refractivity contribution in [3.8, 4) is 11.5 Å². The maximum absolute atomic E-state index is 14.8. The molecule has 1 fully saturated rings. The molecule has 1 aliphatic rings. The number of sulfonamides is 1. The normalized spacial score (nSPS) is 13.8. The van der Waals surface area contributed by atoms with E-state index in [1.807, 2.05) is 68.4 Å². The first kappa shape index (κ1) is 35.5. The SMILES string of the molecule is COc1ccc(N(CC(=O)N(Cc2ccc(C)cc2)C(Cc2ccccc2)C(=O)NC2CCCC2)S(=O)(=O)c2ccc(C)cc2)cc1OC. The molecule has 9 nitrogen and oxygen atoms in total. The van der Waals surface area contributed by atoms with E-state index in [9.17, 15) is 18.0 Å². The zero-order chi connectivity index (χ0) is 35.0. The van der Waals surface area contributed by atoms with Gasteiger partial charge in [0.05, 0.1) is 24.8 Å². The molecule has 0 radical (unpaired) electrons. The summed E-state index contributed by atoms with van der Waals surface area (Å²) in [4.78, 5) is 30.5. The molecule has 1 saturated carbocycles. The van der Waals surface area contributed by atoms with Gasteiger partial charge in [0, 0.05) is 25.1 Å². The van der Waals surface area contributed by atoms with Crippen molar-refractivity contribution in [2.75, 3.05) is 25.1 Å². The summed E-state index contributed by atoms with van der Waals surface area (Å²) in [5.74, 6) is -0.0486. The van der Waals surface area contributed by atoms with Gasteiger partial charge in [-0.05, 0) is 62.1 Å². The second kappa shape index (κ2) is 16.0. The number of aryl methyl sites for hydroxylation is 2. The fraction of sp³-hybridized carbons (Fsp3) is 0.333. The van der Waals surface area contributed by atoms with Crippen LogP contribution in [0.15, 0.2) is 102 Å². The van der Waals surface area contributed by atoms with Gasteiger partial charge in [-0.3, -0.25) is 13.9 Å². The Hall–Kier alpha value is -4.83. The molecule has 0 aliphatic heterocycles. The lowest BCUT2D eigenvalue weighted by Gasteiger charge is -2.34. The molecule has 1 aliphatic carbocycles. The minimum atomic E-state index is -4.26.